The number of carbonyl (C=O) groups is 1. The lowest BCUT2D eigenvalue weighted by atomic mass is 9.98. The van der Waals surface area contributed by atoms with Gasteiger partial charge >= 0.3 is 0 Å². The topological polar surface area (TPSA) is 73.1 Å². The Morgan fingerprint density at radius 1 is 1.32 bits per heavy atom. The van der Waals surface area contributed by atoms with E-state index in [2.05, 4.69) is 15.3 Å². The van der Waals surface area contributed by atoms with Gasteiger partial charge in [0.2, 0.25) is 5.91 Å². The van der Waals surface area contributed by atoms with Crippen molar-refractivity contribution in [1.29, 1.82) is 0 Å². The maximum atomic E-state index is 12.7. The molecule has 1 amide bonds. The molecule has 0 saturated heterocycles. The van der Waals surface area contributed by atoms with Crippen LogP contribution in [0.2, 0.25) is 0 Å². The van der Waals surface area contributed by atoms with Crippen LogP contribution in [-0.4, -0.2) is 50.5 Å². The second-order valence-electron chi connectivity index (χ2n) is 6.99. The minimum Gasteiger partial charge on any atom is -0.380 e. The number of nitrogens with zero attached hydrogens (tertiary/aromatic N) is 5. The molecule has 132 valence electrons. The van der Waals surface area contributed by atoms with Crippen molar-refractivity contribution in [1.82, 2.24) is 24.9 Å². The second-order valence-corrected chi connectivity index (χ2v) is 6.99. The number of hydrogen-bond donors (Lipinski definition) is 0. The molecule has 0 radical (unpaired) electrons. The molecule has 2 aromatic rings. The molecule has 4 rings (SSSR count). The van der Waals surface area contributed by atoms with E-state index < -0.39 is 0 Å². The number of hydrogen-bond acceptors (Lipinski definition) is 5. The summed E-state index contributed by atoms with van der Waals surface area (Å²) in [5, 5.41) is 8.39. The van der Waals surface area contributed by atoms with Crippen molar-refractivity contribution in [3.63, 3.8) is 0 Å². The van der Waals surface area contributed by atoms with Crippen molar-refractivity contribution in [3.8, 4) is 0 Å². The molecule has 0 aromatic carbocycles. The summed E-state index contributed by atoms with van der Waals surface area (Å²) >= 11 is 0. The number of pyridine rings is 1. The Balaban J connectivity index is 1.45. The van der Waals surface area contributed by atoms with Crippen LogP contribution in [0.3, 0.4) is 0 Å². The molecule has 7 nitrogen and oxygen atoms in total. The van der Waals surface area contributed by atoms with E-state index in [0.717, 1.165) is 29.6 Å². The maximum absolute atomic E-state index is 12.7. The number of aryl methyl sites for hydroxylation is 1. The van der Waals surface area contributed by atoms with Gasteiger partial charge in [0, 0.05) is 38.0 Å². The Hall–Kier alpha value is -2.28. The third-order valence-electron chi connectivity index (χ3n) is 4.89. The Morgan fingerprint density at radius 3 is 2.96 bits per heavy atom. The number of rotatable bonds is 6. The number of amides is 1. The van der Waals surface area contributed by atoms with Crippen molar-refractivity contribution in [3.05, 3.63) is 41.5 Å². The number of ether oxygens (including phenoxy) is 1. The average molecular weight is 341 g/mol. The summed E-state index contributed by atoms with van der Waals surface area (Å²) in [6, 6.07) is 5.64. The van der Waals surface area contributed by atoms with E-state index in [1.54, 1.807) is 6.20 Å². The van der Waals surface area contributed by atoms with Crippen molar-refractivity contribution in [2.24, 2.45) is 13.0 Å². The summed E-state index contributed by atoms with van der Waals surface area (Å²) in [5.74, 6) is 0.923. The van der Waals surface area contributed by atoms with Gasteiger partial charge in [0.1, 0.15) is 5.69 Å². The summed E-state index contributed by atoms with van der Waals surface area (Å²) in [7, 11) is 1.91. The Labute approximate surface area is 147 Å². The van der Waals surface area contributed by atoms with E-state index in [0.29, 0.717) is 26.1 Å². The molecule has 2 aliphatic rings. The van der Waals surface area contributed by atoms with E-state index in [-0.39, 0.29) is 11.8 Å². The van der Waals surface area contributed by atoms with Gasteiger partial charge in [-0.05, 0) is 30.9 Å². The Bertz CT molecular complexity index is 741. The van der Waals surface area contributed by atoms with Gasteiger partial charge in [-0.2, -0.15) is 0 Å². The molecule has 0 bridgehead atoms. The van der Waals surface area contributed by atoms with E-state index >= 15 is 0 Å². The molecule has 1 aliphatic carbocycles. The average Bonchev–Trinajstić information content (AvgIpc) is 3.37. The van der Waals surface area contributed by atoms with E-state index in [4.69, 9.17) is 4.74 Å². The third-order valence-corrected chi connectivity index (χ3v) is 4.89. The fraction of sp³-hybridized carbons (Fsp3) is 0.556. The summed E-state index contributed by atoms with van der Waals surface area (Å²) in [4.78, 5) is 18.8. The number of fused-ring (bicyclic) bond motifs is 1. The zero-order valence-electron chi connectivity index (χ0n) is 14.5. The number of carbonyl (C=O) groups excluding carboxylic acids is 1. The molecule has 25 heavy (non-hydrogen) atoms. The molecule has 3 heterocycles. The van der Waals surface area contributed by atoms with Crippen LogP contribution in [0.5, 0.6) is 0 Å². The van der Waals surface area contributed by atoms with Crippen LogP contribution in [0.4, 0.5) is 0 Å². The summed E-state index contributed by atoms with van der Waals surface area (Å²) < 4.78 is 7.73. The quantitative estimate of drug-likeness (QED) is 0.792. The highest BCUT2D eigenvalue weighted by atomic mass is 16.5. The minimum absolute atomic E-state index is 0.0715. The summed E-state index contributed by atoms with van der Waals surface area (Å²) in [6.45, 7) is 2.58. The van der Waals surface area contributed by atoms with Crippen molar-refractivity contribution in [2.75, 3.05) is 19.8 Å². The molecular formula is C18H23N5O2. The van der Waals surface area contributed by atoms with E-state index in [9.17, 15) is 4.79 Å². The largest absolute Gasteiger partial charge is 0.380 e. The van der Waals surface area contributed by atoms with Crippen LogP contribution in [0.25, 0.3) is 0 Å². The molecule has 2 aromatic heterocycles. The van der Waals surface area contributed by atoms with Gasteiger partial charge < -0.3 is 9.64 Å². The molecule has 1 saturated carbocycles. The Kier molecular flexibility index (Phi) is 4.48. The lowest BCUT2D eigenvalue weighted by Crippen LogP contribution is -2.41. The predicted octanol–water partition coefficient (Wildman–Crippen LogP) is 1.31. The van der Waals surface area contributed by atoms with Crippen LogP contribution in [0.1, 0.15) is 35.8 Å². The molecule has 1 unspecified atom stereocenters. The molecule has 1 fully saturated rings. The van der Waals surface area contributed by atoms with E-state index in [1.807, 2.05) is 34.8 Å². The zero-order valence-corrected chi connectivity index (χ0v) is 14.5. The predicted molar refractivity (Wildman–Crippen MR) is 90.6 cm³/mol. The van der Waals surface area contributed by atoms with Gasteiger partial charge in [0.05, 0.1) is 25.3 Å². The standard InChI is InChI=1S/C18H23N5O2/c1-22-18-14(12-25-11-13-5-6-13)9-23(10-16(18)20-21-22)17(24)8-15-4-2-3-7-19-15/h2-4,7,13-14H,5-6,8-12H2,1H3. The van der Waals surface area contributed by atoms with Gasteiger partial charge in [-0.3, -0.25) is 14.5 Å². The monoisotopic (exact) mass is 341 g/mol. The van der Waals surface area contributed by atoms with Gasteiger partial charge in [0.15, 0.2) is 0 Å². The van der Waals surface area contributed by atoms with Crippen molar-refractivity contribution >= 4 is 5.91 Å². The lowest BCUT2D eigenvalue weighted by Gasteiger charge is -2.32. The van der Waals surface area contributed by atoms with Gasteiger partial charge in [-0.1, -0.05) is 11.3 Å². The highest BCUT2D eigenvalue weighted by Gasteiger charge is 2.33. The second kappa shape index (κ2) is 6.92. The van der Waals surface area contributed by atoms with Crippen LogP contribution >= 0.6 is 0 Å². The first-order valence-electron chi connectivity index (χ1n) is 8.84. The molecular weight excluding hydrogens is 318 g/mol. The molecule has 1 atom stereocenters. The minimum atomic E-state index is 0.0715. The van der Waals surface area contributed by atoms with Crippen molar-refractivity contribution in [2.45, 2.75) is 31.7 Å². The highest BCUT2D eigenvalue weighted by Crippen LogP contribution is 2.31. The number of aromatic nitrogens is 4. The molecule has 0 spiro atoms. The maximum Gasteiger partial charge on any atom is 0.228 e. The Morgan fingerprint density at radius 2 is 2.20 bits per heavy atom. The fourth-order valence-electron chi connectivity index (χ4n) is 3.37. The van der Waals surface area contributed by atoms with Crippen molar-refractivity contribution < 1.29 is 9.53 Å². The highest BCUT2D eigenvalue weighted by molar-refractivity contribution is 5.78. The van der Waals surface area contributed by atoms with Gasteiger partial charge in [-0.15, -0.1) is 5.10 Å². The van der Waals surface area contributed by atoms with Gasteiger partial charge in [0.25, 0.3) is 0 Å². The van der Waals surface area contributed by atoms with Crippen LogP contribution < -0.4 is 0 Å². The lowest BCUT2D eigenvalue weighted by molar-refractivity contribution is -0.132. The fourth-order valence-corrected chi connectivity index (χ4v) is 3.37. The SMILES string of the molecule is Cn1nnc2c1C(COCC1CC1)CN(C(=O)Cc1ccccn1)C2. The van der Waals surface area contributed by atoms with Gasteiger partial charge in [-0.25, -0.2) is 0 Å². The zero-order chi connectivity index (χ0) is 17.2. The first-order valence-corrected chi connectivity index (χ1v) is 8.84. The summed E-state index contributed by atoms with van der Waals surface area (Å²) in [5.41, 5.74) is 2.76. The van der Waals surface area contributed by atoms with Crippen LogP contribution in [0.15, 0.2) is 24.4 Å². The first kappa shape index (κ1) is 16.2. The first-order chi connectivity index (χ1) is 12.2. The van der Waals surface area contributed by atoms with Crippen LogP contribution in [0, 0.1) is 5.92 Å². The third kappa shape index (κ3) is 3.71. The molecule has 0 N–H and O–H groups in total. The summed E-state index contributed by atoms with van der Waals surface area (Å²) in [6.07, 6.45) is 4.58. The van der Waals surface area contributed by atoms with E-state index in [1.165, 1.54) is 12.8 Å². The molecule has 1 aliphatic heterocycles. The van der Waals surface area contributed by atoms with Crippen LogP contribution in [-0.2, 0) is 29.5 Å². The smallest absolute Gasteiger partial charge is 0.228 e. The normalized spacial score (nSPS) is 19.7. The molecule has 7 heteroatoms.